The SMILES string of the molecule is CCCNc1cc(-c2cn[nH]c2-c2ccc(F)cc2)ccn1. The van der Waals surface area contributed by atoms with E-state index in [9.17, 15) is 4.39 Å². The Kier molecular flexibility index (Phi) is 4.14. The van der Waals surface area contributed by atoms with Gasteiger partial charge in [-0.1, -0.05) is 6.92 Å². The second kappa shape index (κ2) is 6.39. The van der Waals surface area contributed by atoms with E-state index in [1.807, 2.05) is 12.1 Å². The lowest BCUT2D eigenvalue weighted by Crippen LogP contribution is -2.01. The molecule has 0 aliphatic rings. The van der Waals surface area contributed by atoms with Crippen LogP contribution in [0.2, 0.25) is 0 Å². The van der Waals surface area contributed by atoms with Gasteiger partial charge in [-0.2, -0.15) is 5.10 Å². The third-order valence-electron chi connectivity index (χ3n) is 3.40. The highest BCUT2D eigenvalue weighted by atomic mass is 19.1. The van der Waals surface area contributed by atoms with Crippen LogP contribution in [0.3, 0.4) is 0 Å². The predicted molar refractivity (Wildman–Crippen MR) is 86.0 cm³/mol. The number of H-pyrrole nitrogens is 1. The maximum absolute atomic E-state index is 13.1. The molecule has 0 bridgehead atoms. The molecule has 0 aliphatic carbocycles. The summed E-state index contributed by atoms with van der Waals surface area (Å²) >= 11 is 0. The van der Waals surface area contributed by atoms with Crippen molar-refractivity contribution in [2.75, 3.05) is 11.9 Å². The van der Waals surface area contributed by atoms with Gasteiger partial charge in [-0.3, -0.25) is 5.10 Å². The zero-order valence-corrected chi connectivity index (χ0v) is 12.3. The van der Waals surface area contributed by atoms with Gasteiger partial charge in [0.05, 0.1) is 11.9 Å². The zero-order valence-electron chi connectivity index (χ0n) is 12.3. The lowest BCUT2D eigenvalue weighted by atomic mass is 10.0. The van der Waals surface area contributed by atoms with Crippen molar-refractivity contribution in [3.63, 3.8) is 0 Å². The summed E-state index contributed by atoms with van der Waals surface area (Å²) in [6.45, 7) is 2.99. The zero-order chi connectivity index (χ0) is 15.4. The van der Waals surface area contributed by atoms with E-state index in [0.29, 0.717) is 0 Å². The van der Waals surface area contributed by atoms with Crippen molar-refractivity contribution >= 4 is 5.82 Å². The number of halogens is 1. The molecule has 112 valence electrons. The van der Waals surface area contributed by atoms with Crippen molar-refractivity contribution in [3.05, 3.63) is 54.6 Å². The van der Waals surface area contributed by atoms with Gasteiger partial charge in [-0.15, -0.1) is 0 Å². The van der Waals surface area contributed by atoms with Gasteiger partial charge in [-0.25, -0.2) is 9.37 Å². The molecule has 0 fully saturated rings. The molecule has 0 spiro atoms. The molecule has 0 amide bonds. The Morgan fingerprint density at radius 1 is 1.14 bits per heavy atom. The van der Waals surface area contributed by atoms with E-state index in [1.165, 1.54) is 12.1 Å². The van der Waals surface area contributed by atoms with Gasteiger partial charge < -0.3 is 5.32 Å². The number of pyridine rings is 1. The molecule has 0 aliphatic heterocycles. The molecular formula is C17H17FN4. The molecule has 3 aromatic rings. The summed E-state index contributed by atoms with van der Waals surface area (Å²) in [7, 11) is 0. The average molecular weight is 296 g/mol. The van der Waals surface area contributed by atoms with E-state index >= 15 is 0 Å². The fraction of sp³-hybridized carbons (Fsp3) is 0.176. The van der Waals surface area contributed by atoms with E-state index in [1.54, 1.807) is 24.5 Å². The van der Waals surface area contributed by atoms with E-state index < -0.39 is 0 Å². The molecule has 2 heterocycles. The minimum Gasteiger partial charge on any atom is -0.370 e. The summed E-state index contributed by atoms with van der Waals surface area (Å²) in [5, 5.41) is 10.4. The summed E-state index contributed by atoms with van der Waals surface area (Å²) in [5.41, 5.74) is 3.75. The molecule has 1 aromatic carbocycles. The number of rotatable bonds is 5. The average Bonchev–Trinajstić information content (AvgIpc) is 3.03. The van der Waals surface area contributed by atoms with Crippen LogP contribution in [0.4, 0.5) is 10.2 Å². The van der Waals surface area contributed by atoms with Gasteiger partial charge >= 0.3 is 0 Å². The second-order valence-corrected chi connectivity index (χ2v) is 5.02. The lowest BCUT2D eigenvalue weighted by molar-refractivity contribution is 0.628. The second-order valence-electron chi connectivity index (χ2n) is 5.02. The number of aromatic amines is 1. The van der Waals surface area contributed by atoms with Crippen molar-refractivity contribution in [2.24, 2.45) is 0 Å². The van der Waals surface area contributed by atoms with Gasteiger partial charge in [0.25, 0.3) is 0 Å². The summed E-state index contributed by atoms with van der Waals surface area (Å²) in [6, 6.07) is 10.3. The number of hydrogen-bond acceptors (Lipinski definition) is 3. The first kappa shape index (κ1) is 14.3. The molecule has 2 N–H and O–H groups in total. The van der Waals surface area contributed by atoms with Crippen molar-refractivity contribution in [2.45, 2.75) is 13.3 Å². The Morgan fingerprint density at radius 3 is 2.73 bits per heavy atom. The molecule has 22 heavy (non-hydrogen) atoms. The Morgan fingerprint density at radius 2 is 1.95 bits per heavy atom. The molecule has 0 saturated heterocycles. The Balaban J connectivity index is 1.96. The molecule has 0 radical (unpaired) electrons. The first-order valence-corrected chi connectivity index (χ1v) is 7.27. The highest BCUT2D eigenvalue weighted by Crippen LogP contribution is 2.30. The molecule has 0 atom stereocenters. The highest BCUT2D eigenvalue weighted by Gasteiger charge is 2.10. The number of aromatic nitrogens is 3. The summed E-state index contributed by atoms with van der Waals surface area (Å²) < 4.78 is 13.1. The fourth-order valence-corrected chi connectivity index (χ4v) is 2.29. The summed E-state index contributed by atoms with van der Waals surface area (Å²) in [4.78, 5) is 4.31. The molecule has 0 saturated carbocycles. The maximum Gasteiger partial charge on any atom is 0.126 e. The van der Waals surface area contributed by atoms with E-state index in [0.717, 1.165) is 41.2 Å². The van der Waals surface area contributed by atoms with Crippen molar-refractivity contribution in [3.8, 4) is 22.4 Å². The summed E-state index contributed by atoms with van der Waals surface area (Å²) in [5.74, 6) is 0.588. The quantitative estimate of drug-likeness (QED) is 0.745. The Hall–Kier alpha value is -2.69. The topological polar surface area (TPSA) is 53.6 Å². The van der Waals surface area contributed by atoms with Crippen LogP contribution in [0.25, 0.3) is 22.4 Å². The predicted octanol–water partition coefficient (Wildman–Crippen LogP) is 4.10. The first-order chi connectivity index (χ1) is 10.8. The van der Waals surface area contributed by atoms with Crippen molar-refractivity contribution in [1.29, 1.82) is 0 Å². The van der Waals surface area contributed by atoms with Crippen molar-refractivity contribution < 1.29 is 4.39 Å². The van der Waals surface area contributed by atoms with Gasteiger partial charge in [-0.05, 0) is 48.4 Å². The van der Waals surface area contributed by atoms with Crippen LogP contribution in [-0.2, 0) is 0 Å². The molecule has 5 heteroatoms. The van der Waals surface area contributed by atoms with Crippen LogP contribution in [0.1, 0.15) is 13.3 Å². The number of anilines is 1. The monoisotopic (exact) mass is 296 g/mol. The highest BCUT2D eigenvalue weighted by molar-refractivity contribution is 5.81. The standard InChI is InChI=1S/C17H17FN4/c1-2-8-19-16-10-13(7-9-20-16)15-11-21-22-17(15)12-3-5-14(18)6-4-12/h3-7,9-11H,2,8H2,1H3,(H,19,20)(H,21,22). The molecule has 3 rings (SSSR count). The number of nitrogens with zero attached hydrogens (tertiary/aromatic N) is 2. The Bertz CT molecular complexity index is 749. The third kappa shape index (κ3) is 2.98. The molecular weight excluding hydrogens is 279 g/mol. The number of benzene rings is 1. The van der Waals surface area contributed by atoms with Gasteiger partial charge in [0.1, 0.15) is 11.6 Å². The summed E-state index contributed by atoms with van der Waals surface area (Å²) in [6.07, 6.45) is 4.59. The van der Waals surface area contributed by atoms with E-state index in [2.05, 4.69) is 27.4 Å². The van der Waals surface area contributed by atoms with Crippen LogP contribution < -0.4 is 5.32 Å². The lowest BCUT2D eigenvalue weighted by Gasteiger charge is -2.07. The van der Waals surface area contributed by atoms with Crippen LogP contribution in [-0.4, -0.2) is 21.7 Å². The minimum atomic E-state index is -0.250. The van der Waals surface area contributed by atoms with Gasteiger partial charge in [0.15, 0.2) is 0 Å². The first-order valence-electron chi connectivity index (χ1n) is 7.27. The molecule has 4 nitrogen and oxygen atoms in total. The van der Waals surface area contributed by atoms with Gasteiger partial charge in [0, 0.05) is 23.9 Å². The number of hydrogen-bond donors (Lipinski definition) is 2. The van der Waals surface area contributed by atoms with Crippen molar-refractivity contribution in [1.82, 2.24) is 15.2 Å². The van der Waals surface area contributed by atoms with E-state index in [4.69, 9.17) is 0 Å². The van der Waals surface area contributed by atoms with Crippen LogP contribution in [0.15, 0.2) is 48.8 Å². The molecule has 0 unspecified atom stereocenters. The number of nitrogens with one attached hydrogen (secondary N) is 2. The van der Waals surface area contributed by atoms with Crippen LogP contribution in [0, 0.1) is 5.82 Å². The van der Waals surface area contributed by atoms with E-state index in [-0.39, 0.29) is 5.82 Å². The smallest absolute Gasteiger partial charge is 0.126 e. The fourth-order valence-electron chi connectivity index (χ4n) is 2.29. The van der Waals surface area contributed by atoms with Crippen LogP contribution in [0.5, 0.6) is 0 Å². The van der Waals surface area contributed by atoms with Crippen LogP contribution >= 0.6 is 0 Å². The third-order valence-corrected chi connectivity index (χ3v) is 3.40. The van der Waals surface area contributed by atoms with Gasteiger partial charge in [0.2, 0.25) is 0 Å². The minimum absolute atomic E-state index is 0.250. The largest absolute Gasteiger partial charge is 0.370 e. The maximum atomic E-state index is 13.1. The molecule has 2 aromatic heterocycles. The normalized spacial score (nSPS) is 10.6. The Labute approximate surface area is 128 Å².